The Morgan fingerprint density at radius 1 is 1.33 bits per heavy atom. The number of nitrogens with zero attached hydrogens (tertiary/aromatic N) is 2. The van der Waals surface area contributed by atoms with Crippen LogP contribution in [0.15, 0.2) is 24.8 Å². The molecule has 0 unspecified atom stereocenters. The third-order valence-corrected chi connectivity index (χ3v) is 0.478. The minimum atomic E-state index is 1.50. The van der Waals surface area contributed by atoms with Crippen molar-refractivity contribution in [3.05, 3.63) is 24.8 Å². The van der Waals surface area contributed by atoms with E-state index in [1.165, 1.54) is 6.33 Å². The van der Waals surface area contributed by atoms with Crippen LogP contribution in [0, 0.1) is 5.41 Å². The Hall–Kier alpha value is -1.12. The van der Waals surface area contributed by atoms with Gasteiger partial charge in [-0.15, -0.1) is 0 Å². The molecule has 0 amide bonds. The number of isothiocyanates is 1. The van der Waals surface area contributed by atoms with Crippen LogP contribution in [-0.4, -0.2) is 15.1 Å². The van der Waals surface area contributed by atoms with Gasteiger partial charge in [-0.3, -0.25) is 0 Å². The van der Waals surface area contributed by atoms with Crippen molar-refractivity contribution in [1.29, 1.82) is 5.41 Å². The van der Waals surface area contributed by atoms with Crippen LogP contribution in [-0.2, 0) is 0 Å². The van der Waals surface area contributed by atoms with Crippen LogP contribution in [0.4, 0.5) is 0 Å². The van der Waals surface area contributed by atoms with Gasteiger partial charge >= 0.3 is 0 Å². The van der Waals surface area contributed by atoms with E-state index in [-0.39, 0.29) is 0 Å². The third-order valence-electron chi connectivity index (χ3n) is 0.478. The first-order chi connectivity index (χ1) is 4.41. The summed E-state index contributed by atoms with van der Waals surface area (Å²) >= 11 is 3.81. The van der Waals surface area contributed by atoms with Gasteiger partial charge in [0.05, 0.1) is 5.16 Å². The van der Waals surface area contributed by atoms with Gasteiger partial charge < -0.3 is 0 Å². The van der Waals surface area contributed by atoms with Crippen LogP contribution in [0.5, 0.6) is 0 Å². The lowest BCUT2D eigenvalue weighted by Gasteiger charge is -1.70. The van der Waals surface area contributed by atoms with E-state index < -0.39 is 0 Å². The summed E-state index contributed by atoms with van der Waals surface area (Å²) in [6.07, 6.45) is 4.88. The highest BCUT2D eigenvalue weighted by molar-refractivity contribution is 7.78. The predicted octanol–water partition coefficient (Wildman–Crippen LogP) is 1.14. The number of hydrogen-bond acceptors (Lipinski definition) is 4. The molecule has 4 heteroatoms. The largest absolute Gasteiger partial charge is 0.248 e. The third kappa shape index (κ3) is 6.88. The van der Waals surface area contributed by atoms with Crippen LogP contribution >= 0.6 is 12.2 Å². The van der Waals surface area contributed by atoms with E-state index in [1.807, 2.05) is 0 Å². The zero-order valence-corrected chi connectivity index (χ0v) is 5.43. The zero-order chi connectivity index (χ0) is 6.95. The molecule has 46 valence electrons. The normalized spacial score (nSPS) is 6.22. The molecule has 0 aliphatic rings. The molecule has 1 N–H and O–H groups in total. The second-order valence-corrected chi connectivity index (χ2v) is 1.21. The monoisotopic (exact) mass is 139 g/mol. The molecule has 0 aliphatic heterocycles. The molecular formula is C5H5N3S. The van der Waals surface area contributed by atoms with Gasteiger partial charge in [-0.1, -0.05) is 0 Å². The maximum absolute atomic E-state index is 5.77. The van der Waals surface area contributed by atoms with Crippen molar-refractivity contribution >= 4 is 17.4 Å². The lowest BCUT2D eigenvalue weighted by Crippen LogP contribution is -1.66. The predicted molar refractivity (Wildman–Crippen MR) is 37.3 cm³/mol. The Balaban J connectivity index is 0.000000187. The Bertz CT molecular complexity index is 142. The minimum Gasteiger partial charge on any atom is -0.248 e. The molecule has 9 heavy (non-hydrogen) atoms. The first-order valence-corrected chi connectivity index (χ1v) is 2.56. The van der Waals surface area contributed by atoms with Crippen LogP contribution in [0.1, 0.15) is 0 Å². The molecule has 0 radical (unpaired) electrons. The second kappa shape index (κ2) is 6.88. The van der Waals surface area contributed by atoms with Gasteiger partial charge in [-0.05, 0) is 18.3 Å². The van der Waals surface area contributed by atoms with Crippen molar-refractivity contribution in [2.45, 2.75) is 0 Å². The number of nitrogens with one attached hydrogen (secondary N) is 1. The van der Waals surface area contributed by atoms with E-state index >= 15 is 0 Å². The number of rotatable bonds is 0. The highest BCUT2D eigenvalue weighted by Gasteiger charge is 1.59. The van der Waals surface area contributed by atoms with Gasteiger partial charge in [0.2, 0.25) is 0 Å². The maximum atomic E-state index is 5.77. The second-order valence-electron chi connectivity index (χ2n) is 1.01. The molecule has 0 spiro atoms. The van der Waals surface area contributed by atoms with E-state index in [2.05, 4.69) is 22.2 Å². The van der Waals surface area contributed by atoms with Crippen molar-refractivity contribution in [3.8, 4) is 0 Å². The molecule has 0 atom stereocenters. The Morgan fingerprint density at radius 2 is 1.78 bits per heavy atom. The van der Waals surface area contributed by atoms with Crippen LogP contribution in [0.3, 0.4) is 0 Å². The number of thiocarbonyl (C=S) groups is 1. The molecule has 0 aliphatic carbocycles. The van der Waals surface area contributed by atoms with E-state index in [9.17, 15) is 0 Å². The zero-order valence-electron chi connectivity index (χ0n) is 4.61. The smallest absolute Gasteiger partial charge is 0.115 e. The molecule has 0 aromatic carbocycles. The van der Waals surface area contributed by atoms with E-state index in [1.54, 1.807) is 23.6 Å². The Labute approximate surface area is 58.3 Å². The molecule has 1 aromatic rings. The number of hydrogen-bond donors (Lipinski definition) is 1. The summed E-state index contributed by atoms with van der Waals surface area (Å²) in [7, 11) is 0. The highest BCUT2D eigenvalue weighted by Crippen LogP contribution is 1.66. The van der Waals surface area contributed by atoms with E-state index in [4.69, 9.17) is 5.41 Å². The first kappa shape index (κ1) is 7.88. The lowest BCUT2D eigenvalue weighted by molar-refractivity contribution is 1.17. The van der Waals surface area contributed by atoms with E-state index in [0.717, 1.165) is 0 Å². The standard InChI is InChI=1S/C4H4N2.CHNS/c1-2-5-4-6-3-1;2-1-3/h1-4H;2H. The van der Waals surface area contributed by atoms with Crippen LogP contribution in [0.25, 0.3) is 0 Å². The van der Waals surface area contributed by atoms with Crippen molar-refractivity contribution in [1.82, 2.24) is 9.97 Å². The molecule has 1 rings (SSSR count). The van der Waals surface area contributed by atoms with Gasteiger partial charge in [0, 0.05) is 12.4 Å². The summed E-state index contributed by atoms with van der Waals surface area (Å²) in [4.78, 5) is 7.35. The SMILES string of the molecule is N=C=S.c1cncnc1. The van der Waals surface area contributed by atoms with E-state index in [0.29, 0.717) is 0 Å². The fourth-order valence-corrected chi connectivity index (χ4v) is 0.253. The molecule has 0 saturated carbocycles. The fourth-order valence-electron chi connectivity index (χ4n) is 0.253. The molecule has 3 nitrogen and oxygen atoms in total. The molecule has 0 fully saturated rings. The first-order valence-electron chi connectivity index (χ1n) is 2.15. The van der Waals surface area contributed by atoms with Crippen LogP contribution in [0.2, 0.25) is 0 Å². The van der Waals surface area contributed by atoms with Gasteiger partial charge in [0.1, 0.15) is 6.33 Å². The summed E-state index contributed by atoms with van der Waals surface area (Å²) in [5.41, 5.74) is 0. The highest BCUT2D eigenvalue weighted by atomic mass is 32.1. The summed E-state index contributed by atoms with van der Waals surface area (Å²) in [5.74, 6) is 0. The van der Waals surface area contributed by atoms with Gasteiger partial charge in [-0.25, -0.2) is 15.4 Å². The average molecular weight is 139 g/mol. The van der Waals surface area contributed by atoms with Crippen molar-refractivity contribution in [2.75, 3.05) is 0 Å². The van der Waals surface area contributed by atoms with Crippen molar-refractivity contribution in [2.24, 2.45) is 0 Å². The quantitative estimate of drug-likeness (QED) is 0.433. The molecular weight excluding hydrogens is 134 g/mol. The van der Waals surface area contributed by atoms with Gasteiger partial charge in [-0.2, -0.15) is 0 Å². The Kier molecular flexibility index (Phi) is 6.02. The van der Waals surface area contributed by atoms with Crippen molar-refractivity contribution < 1.29 is 0 Å². The lowest BCUT2D eigenvalue weighted by atomic mass is 10.7. The topological polar surface area (TPSA) is 49.6 Å². The van der Waals surface area contributed by atoms with Crippen LogP contribution < -0.4 is 0 Å². The minimum absolute atomic E-state index is 1.50. The molecule has 0 bridgehead atoms. The molecule has 1 heterocycles. The number of aromatic nitrogens is 2. The van der Waals surface area contributed by atoms with Crippen molar-refractivity contribution in [3.63, 3.8) is 0 Å². The van der Waals surface area contributed by atoms with Gasteiger partial charge in [0.25, 0.3) is 0 Å². The summed E-state index contributed by atoms with van der Waals surface area (Å²) < 4.78 is 0. The summed E-state index contributed by atoms with van der Waals surface area (Å²) in [6.45, 7) is 0. The molecule has 0 saturated heterocycles. The Morgan fingerprint density at radius 3 is 1.89 bits per heavy atom. The van der Waals surface area contributed by atoms with Gasteiger partial charge in [0.15, 0.2) is 0 Å². The summed E-state index contributed by atoms with van der Waals surface area (Å²) in [6, 6.07) is 1.78. The average Bonchev–Trinajstić information content (AvgIpc) is 1.93. The fraction of sp³-hybridized carbons (Fsp3) is 0. The maximum Gasteiger partial charge on any atom is 0.115 e. The molecule has 1 aromatic heterocycles. The summed E-state index contributed by atoms with van der Waals surface area (Å²) in [5, 5.41) is 7.36.